The van der Waals surface area contributed by atoms with E-state index in [0.717, 1.165) is 0 Å². The normalized spacial score (nSPS) is 12.7. The highest BCUT2D eigenvalue weighted by atomic mass is 16.4. The molecule has 0 atom stereocenters. The molecule has 4 rings (SSSR count). The van der Waals surface area contributed by atoms with Crippen LogP contribution < -0.4 is 21.3 Å². The van der Waals surface area contributed by atoms with Gasteiger partial charge < -0.3 is 10.4 Å². The predicted octanol–water partition coefficient (Wildman–Crippen LogP) is 1.59. The van der Waals surface area contributed by atoms with Crippen LogP contribution in [0, 0.1) is 0 Å². The summed E-state index contributed by atoms with van der Waals surface area (Å²) in [6.45, 7) is 0. The quantitative estimate of drug-likeness (QED) is 0.517. The number of para-hydroxylation sites is 2. The Morgan fingerprint density at radius 3 is 2.76 bits per heavy atom. The first kappa shape index (κ1) is 18.0. The fraction of sp³-hybridized carbons (Fsp3) is 0.0526. The Balaban J connectivity index is 1.56. The number of carbonyl (C=O) groups is 2. The van der Waals surface area contributed by atoms with Gasteiger partial charge in [0.25, 0.3) is 5.91 Å². The summed E-state index contributed by atoms with van der Waals surface area (Å²) in [5, 5.41) is 17.8. The molecule has 0 saturated heterocycles. The van der Waals surface area contributed by atoms with Crippen LogP contribution in [0.15, 0.2) is 61.3 Å². The molecule has 3 heterocycles. The molecule has 146 valence electrons. The number of nitrogens with one attached hydrogen (secondary N) is 3. The number of carboxylic acid groups (broad SMARTS) is 1. The maximum Gasteiger partial charge on any atom is 0.336 e. The van der Waals surface area contributed by atoms with Crippen LogP contribution in [0.4, 0.5) is 11.4 Å². The standard InChI is InChI=1S/C19H17N7O3/c1-25-11-12(8-21-25)18(27)23-15-4-2-3-5-17(15)26-22-10-16(24-26)14-9-20-7-6-13(14)19(28)29/h2-11,22,24H,1H3,(H,23,27)(H,28,29). The molecular weight excluding hydrogens is 374 g/mol. The van der Waals surface area contributed by atoms with Crippen LogP contribution in [-0.2, 0) is 7.05 Å². The van der Waals surface area contributed by atoms with Gasteiger partial charge in [0.05, 0.1) is 28.7 Å². The Labute approximate surface area is 165 Å². The smallest absolute Gasteiger partial charge is 0.336 e. The fourth-order valence-corrected chi connectivity index (χ4v) is 2.88. The third-order valence-electron chi connectivity index (χ3n) is 4.27. The van der Waals surface area contributed by atoms with E-state index in [0.29, 0.717) is 28.2 Å². The zero-order chi connectivity index (χ0) is 20.4. The first-order chi connectivity index (χ1) is 14.0. The van der Waals surface area contributed by atoms with Gasteiger partial charge in [-0.1, -0.05) is 12.1 Å². The summed E-state index contributed by atoms with van der Waals surface area (Å²) in [7, 11) is 1.74. The van der Waals surface area contributed by atoms with Crippen LogP contribution in [0.2, 0.25) is 0 Å². The van der Waals surface area contributed by atoms with Gasteiger partial charge in [-0.3, -0.25) is 25.3 Å². The second-order valence-corrected chi connectivity index (χ2v) is 6.23. The van der Waals surface area contributed by atoms with Crippen LogP contribution >= 0.6 is 0 Å². The molecule has 3 aromatic rings. The Morgan fingerprint density at radius 2 is 2.00 bits per heavy atom. The van der Waals surface area contributed by atoms with Gasteiger partial charge in [-0.25, -0.2) is 4.79 Å². The van der Waals surface area contributed by atoms with Crippen molar-refractivity contribution in [3.05, 3.63) is 78.0 Å². The zero-order valence-corrected chi connectivity index (χ0v) is 15.3. The van der Waals surface area contributed by atoms with Crippen LogP contribution in [0.25, 0.3) is 5.70 Å². The summed E-state index contributed by atoms with van der Waals surface area (Å²) in [5.41, 5.74) is 8.83. The summed E-state index contributed by atoms with van der Waals surface area (Å²) in [6.07, 6.45) is 7.64. The number of amides is 1. The van der Waals surface area contributed by atoms with E-state index >= 15 is 0 Å². The number of nitrogens with zero attached hydrogens (tertiary/aromatic N) is 4. The van der Waals surface area contributed by atoms with E-state index in [9.17, 15) is 14.7 Å². The van der Waals surface area contributed by atoms with Crippen molar-refractivity contribution >= 4 is 28.9 Å². The predicted molar refractivity (Wildman–Crippen MR) is 106 cm³/mol. The minimum atomic E-state index is -1.05. The summed E-state index contributed by atoms with van der Waals surface area (Å²) in [4.78, 5) is 28.0. The molecular formula is C19H17N7O3. The lowest BCUT2D eigenvalue weighted by molar-refractivity contribution is 0.0696. The molecule has 1 aromatic carbocycles. The molecule has 10 nitrogen and oxygen atoms in total. The summed E-state index contributed by atoms with van der Waals surface area (Å²) in [6, 6.07) is 8.62. The highest BCUT2D eigenvalue weighted by Crippen LogP contribution is 2.28. The SMILES string of the molecule is Cn1cc(C(=O)Nc2ccccc2N2NC=C(c3cnccc3C(=O)O)N2)cn1. The van der Waals surface area contributed by atoms with Crippen molar-refractivity contribution in [3.8, 4) is 0 Å². The fourth-order valence-electron chi connectivity index (χ4n) is 2.88. The molecule has 0 aliphatic carbocycles. The molecule has 29 heavy (non-hydrogen) atoms. The summed E-state index contributed by atoms with van der Waals surface area (Å²) >= 11 is 0. The topological polar surface area (TPSA) is 124 Å². The van der Waals surface area contributed by atoms with Crippen LogP contribution in [0.3, 0.4) is 0 Å². The van der Waals surface area contributed by atoms with Crippen LogP contribution in [0.5, 0.6) is 0 Å². The number of hydrogen-bond donors (Lipinski definition) is 4. The lowest BCUT2D eigenvalue weighted by Crippen LogP contribution is -2.39. The monoisotopic (exact) mass is 391 g/mol. The largest absolute Gasteiger partial charge is 0.478 e. The molecule has 0 saturated carbocycles. The molecule has 1 aliphatic heterocycles. The highest BCUT2D eigenvalue weighted by molar-refractivity contribution is 6.05. The Kier molecular flexibility index (Phi) is 4.57. The van der Waals surface area contributed by atoms with Gasteiger partial charge >= 0.3 is 5.97 Å². The number of hydrogen-bond acceptors (Lipinski definition) is 7. The van der Waals surface area contributed by atoms with E-state index in [-0.39, 0.29) is 11.5 Å². The van der Waals surface area contributed by atoms with Crippen molar-refractivity contribution in [3.63, 3.8) is 0 Å². The van der Waals surface area contributed by atoms with Gasteiger partial charge in [-0.05, 0) is 18.2 Å². The summed E-state index contributed by atoms with van der Waals surface area (Å²) < 4.78 is 1.55. The van der Waals surface area contributed by atoms with E-state index < -0.39 is 5.97 Å². The average molecular weight is 391 g/mol. The molecule has 10 heteroatoms. The number of aryl methyl sites for hydroxylation is 1. The zero-order valence-electron chi connectivity index (χ0n) is 15.3. The van der Waals surface area contributed by atoms with Gasteiger partial charge in [0.2, 0.25) is 0 Å². The second kappa shape index (κ2) is 7.35. The maximum atomic E-state index is 12.5. The van der Waals surface area contributed by atoms with Crippen LogP contribution in [-0.4, -0.2) is 31.7 Å². The molecule has 4 N–H and O–H groups in total. The molecule has 2 aromatic heterocycles. The number of carboxylic acids is 1. The van der Waals surface area contributed by atoms with E-state index in [4.69, 9.17) is 0 Å². The van der Waals surface area contributed by atoms with Crippen molar-refractivity contribution in [2.24, 2.45) is 7.05 Å². The molecule has 0 spiro atoms. The van der Waals surface area contributed by atoms with Crippen molar-refractivity contribution < 1.29 is 14.7 Å². The number of hydrazine groups is 2. The molecule has 0 fully saturated rings. The number of aromatic nitrogens is 3. The molecule has 0 radical (unpaired) electrons. The van der Waals surface area contributed by atoms with Gasteiger partial charge in [0.1, 0.15) is 5.69 Å². The van der Waals surface area contributed by atoms with Crippen molar-refractivity contribution in [1.29, 1.82) is 0 Å². The van der Waals surface area contributed by atoms with Gasteiger partial charge in [0, 0.05) is 37.4 Å². The van der Waals surface area contributed by atoms with Crippen molar-refractivity contribution in [2.45, 2.75) is 0 Å². The number of anilines is 2. The minimum absolute atomic E-state index is 0.126. The first-order valence-corrected chi connectivity index (χ1v) is 8.63. The van der Waals surface area contributed by atoms with Crippen molar-refractivity contribution in [2.75, 3.05) is 10.4 Å². The number of benzene rings is 1. The molecule has 0 bridgehead atoms. The minimum Gasteiger partial charge on any atom is -0.478 e. The molecule has 1 amide bonds. The maximum absolute atomic E-state index is 12.5. The number of carbonyl (C=O) groups excluding carboxylic acids is 1. The lowest BCUT2D eigenvalue weighted by atomic mass is 10.1. The third kappa shape index (κ3) is 3.58. The van der Waals surface area contributed by atoms with E-state index in [1.165, 1.54) is 24.7 Å². The number of aromatic carboxylic acids is 1. The van der Waals surface area contributed by atoms with E-state index in [1.54, 1.807) is 47.4 Å². The molecule has 0 unspecified atom stereocenters. The van der Waals surface area contributed by atoms with Crippen molar-refractivity contribution in [1.82, 2.24) is 25.6 Å². The Morgan fingerprint density at radius 1 is 1.17 bits per heavy atom. The highest BCUT2D eigenvalue weighted by Gasteiger charge is 2.22. The van der Waals surface area contributed by atoms with Gasteiger partial charge in [0.15, 0.2) is 0 Å². The average Bonchev–Trinajstić information content (AvgIpc) is 3.38. The lowest BCUT2D eigenvalue weighted by Gasteiger charge is -2.23. The number of pyridine rings is 1. The molecule has 1 aliphatic rings. The van der Waals surface area contributed by atoms with E-state index in [1.807, 2.05) is 6.07 Å². The summed E-state index contributed by atoms with van der Waals surface area (Å²) in [5.74, 6) is -1.34. The van der Waals surface area contributed by atoms with E-state index in [2.05, 4.69) is 26.3 Å². The second-order valence-electron chi connectivity index (χ2n) is 6.23. The van der Waals surface area contributed by atoms with Crippen LogP contribution in [0.1, 0.15) is 26.3 Å². The third-order valence-corrected chi connectivity index (χ3v) is 4.27. The number of rotatable bonds is 5. The van der Waals surface area contributed by atoms with Gasteiger partial charge in [-0.2, -0.15) is 10.2 Å². The first-order valence-electron chi connectivity index (χ1n) is 8.63. The Bertz CT molecular complexity index is 1120. The Hall–Kier alpha value is -4.34. The van der Waals surface area contributed by atoms with Gasteiger partial charge in [-0.15, -0.1) is 0 Å².